The highest BCUT2D eigenvalue weighted by Crippen LogP contribution is 2.33. The maximum atomic E-state index is 12.1. The van der Waals surface area contributed by atoms with Crippen molar-refractivity contribution in [1.29, 1.82) is 0 Å². The molecule has 24 heteroatoms. The summed E-state index contributed by atoms with van der Waals surface area (Å²) < 4.78 is 16.4. The maximum Gasteiger partial charge on any atom is 0.246 e. The fraction of sp³-hybridized carbons (Fsp3) is 0.550. The molecule has 0 bridgehead atoms. The summed E-state index contributed by atoms with van der Waals surface area (Å²) in [5, 5.41) is 28.1. The molecule has 8 aromatic rings. The molecule has 9 heterocycles. The molecule has 6 N–H and O–H groups in total. The number of ether oxygens (including phenoxy) is 2. The van der Waals surface area contributed by atoms with Crippen LogP contribution in [0.25, 0.3) is 44.1 Å². The highest BCUT2D eigenvalue weighted by Gasteiger charge is 2.31. The first-order chi connectivity index (χ1) is 40.7. The van der Waals surface area contributed by atoms with Gasteiger partial charge >= 0.3 is 0 Å². The van der Waals surface area contributed by atoms with Gasteiger partial charge in [-0.2, -0.15) is 15.0 Å². The van der Waals surface area contributed by atoms with Gasteiger partial charge in [-0.05, 0) is 179 Å². The van der Waals surface area contributed by atoms with E-state index in [2.05, 4.69) is 79.6 Å². The number of H-pyrrole nitrogens is 1. The average Bonchev–Trinajstić information content (AvgIpc) is 3.38. The van der Waals surface area contributed by atoms with E-state index in [4.69, 9.17) is 44.3 Å². The second-order valence-electron chi connectivity index (χ2n) is 22.8. The molecular weight excluding hydrogens is 1130 g/mol. The third kappa shape index (κ3) is 15.7. The summed E-state index contributed by atoms with van der Waals surface area (Å²) in [4.78, 5) is 51.5. The first-order valence-electron chi connectivity index (χ1n) is 29.6. The molecule has 0 spiro atoms. The van der Waals surface area contributed by atoms with Crippen molar-refractivity contribution in [1.82, 2.24) is 63.5 Å². The molecule has 21 nitrogen and oxygen atoms in total. The van der Waals surface area contributed by atoms with E-state index in [0.717, 1.165) is 151 Å². The van der Waals surface area contributed by atoms with E-state index < -0.39 is 0 Å². The molecule has 3 saturated carbocycles. The Balaban J connectivity index is 0.000000134. The molecule has 1 amide bonds. The molecule has 2 unspecified atom stereocenters. The standard InChI is InChI=1S/C16H21N5O.2C15H21ClN4O.C14H19ClN4O/c1-3-12-6-5-11(9-21(12)14(22)4-2)20-16-13-7-8-17-15(13)18-10-19-16;2*1-20-8-7-12-13(18-15(16)19-14(12)20)17-11-5-3-10(4-6-11)9-21-2;1-19-7-6-11-12(17-14(15)18-13(11)19)16-10-4-2-9(8-20)3-5-10/h4,7-8,10-12H,2-3,5-6,9H2,1H3,(H2,17,18,19,20);2*7-8,10-11H,3-6,9H2,1-2H3,(H,17,18,19);6-7,9-10,20H,2-5,8H2,1H3,(H,16,17,18). The van der Waals surface area contributed by atoms with Crippen molar-refractivity contribution in [2.45, 2.75) is 133 Å². The second kappa shape index (κ2) is 29.6. The Kier molecular flexibility index (Phi) is 21.9. The minimum atomic E-state index is 0.00725. The van der Waals surface area contributed by atoms with Gasteiger partial charge in [-0.3, -0.25) is 4.79 Å². The predicted molar refractivity (Wildman–Crippen MR) is 336 cm³/mol. The summed E-state index contributed by atoms with van der Waals surface area (Å²) in [5.41, 5.74) is 3.39. The molecule has 84 heavy (non-hydrogen) atoms. The summed E-state index contributed by atoms with van der Waals surface area (Å²) in [6.07, 6.45) is 27.3. The molecule has 8 aromatic heterocycles. The number of aliphatic hydroxyl groups is 1. The van der Waals surface area contributed by atoms with Gasteiger partial charge in [0.15, 0.2) is 0 Å². The second-order valence-corrected chi connectivity index (χ2v) is 23.8. The van der Waals surface area contributed by atoms with Crippen molar-refractivity contribution in [3.8, 4) is 0 Å². The first kappa shape index (κ1) is 62.2. The molecule has 2 atom stereocenters. The Bertz CT molecular complexity index is 3310. The molecular formula is C60H82Cl3N17O4. The Labute approximate surface area is 506 Å². The number of aromatic nitrogens is 12. The summed E-state index contributed by atoms with van der Waals surface area (Å²) in [7, 11) is 9.43. The van der Waals surface area contributed by atoms with Crippen LogP contribution in [0.5, 0.6) is 0 Å². The third-order valence-electron chi connectivity index (χ3n) is 17.0. The smallest absolute Gasteiger partial charge is 0.246 e. The SMILES string of the molecule is C=CC(=O)N1CC(Nc2ncnc3[nH]ccc23)CCC1CC.COCC1CCC(Nc2nc(Cl)nc3c2ccn3C)CC1.COCC1CCC(Nc2nc(Cl)nc3c2ccn3C)CC1.Cn1ccc2c(NC3CCC(CO)CC3)nc(Cl)nc21. The van der Waals surface area contributed by atoms with Crippen molar-refractivity contribution in [2.75, 3.05) is 61.9 Å². The fourth-order valence-corrected chi connectivity index (χ4v) is 12.8. The maximum absolute atomic E-state index is 12.1. The molecule has 1 saturated heterocycles. The Morgan fingerprint density at radius 2 is 1.01 bits per heavy atom. The lowest BCUT2D eigenvalue weighted by Gasteiger charge is -2.39. The average molecular weight is 1210 g/mol. The van der Waals surface area contributed by atoms with E-state index in [9.17, 15) is 9.90 Å². The van der Waals surface area contributed by atoms with Crippen molar-refractivity contribution in [2.24, 2.45) is 38.9 Å². The first-order valence-corrected chi connectivity index (χ1v) is 30.7. The van der Waals surface area contributed by atoms with Gasteiger partial charge in [-0.1, -0.05) is 13.5 Å². The van der Waals surface area contributed by atoms with Crippen LogP contribution in [0.3, 0.4) is 0 Å². The number of fused-ring (bicyclic) bond motifs is 4. The van der Waals surface area contributed by atoms with Crippen LogP contribution in [0.4, 0.5) is 23.3 Å². The van der Waals surface area contributed by atoms with Crippen LogP contribution >= 0.6 is 34.8 Å². The zero-order valence-electron chi connectivity index (χ0n) is 49.2. The number of rotatable bonds is 15. The predicted octanol–water partition coefficient (Wildman–Crippen LogP) is 11.4. The Hall–Kier alpha value is -6.36. The molecule has 1 aliphatic heterocycles. The largest absolute Gasteiger partial charge is 0.396 e. The third-order valence-corrected chi connectivity index (χ3v) is 17.6. The molecule has 12 rings (SSSR count). The minimum Gasteiger partial charge on any atom is -0.396 e. The molecule has 0 aromatic carbocycles. The van der Waals surface area contributed by atoms with E-state index in [1.165, 1.54) is 31.8 Å². The van der Waals surface area contributed by atoms with Gasteiger partial charge in [0.25, 0.3) is 0 Å². The zero-order chi connectivity index (χ0) is 59.3. The van der Waals surface area contributed by atoms with E-state index in [-0.39, 0.29) is 17.2 Å². The number of carbonyl (C=O) groups is 1. The van der Waals surface area contributed by atoms with Crippen LogP contribution in [-0.2, 0) is 35.4 Å². The summed E-state index contributed by atoms with van der Waals surface area (Å²) in [6.45, 7) is 8.45. The number of halogens is 3. The molecule has 3 aliphatic carbocycles. The highest BCUT2D eigenvalue weighted by molar-refractivity contribution is 6.29. The number of aliphatic hydroxyl groups excluding tert-OH is 1. The number of aryl methyl sites for hydroxylation is 3. The highest BCUT2D eigenvalue weighted by atomic mass is 35.5. The minimum absolute atomic E-state index is 0.00725. The lowest BCUT2D eigenvalue weighted by atomic mass is 9.86. The van der Waals surface area contributed by atoms with Gasteiger partial charge in [-0.15, -0.1) is 0 Å². The van der Waals surface area contributed by atoms with Crippen LogP contribution in [0, 0.1) is 17.8 Å². The number of hydrogen-bond donors (Lipinski definition) is 6. The van der Waals surface area contributed by atoms with Crippen LogP contribution in [-0.4, -0.2) is 145 Å². The molecule has 0 radical (unpaired) electrons. The molecule has 452 valence electrons. The lowest BCUT2D eigenvalue weighted by Crippen LogP contribution is -2.50. The Morgan fingerprint density at radius 3 is 1.42 bits per heavy atom. The van der Waals surface area contributed by atoms with Crippen LogP contribution in [0.2, 0.25) is 15.9 Å². The number of anilines is 4. The van der Waals surface area contributed by atoms with E-state index in [1.54, 1.807) is 20.5 Å². The van der Waals surface area contributed by atoms with Crippen molar-refractivity contribution in [3.63, 3.8) is 0 Å². The van der Waals surface area contributed by atoms with E-state index >= 15 is 0 Å². The van der Waals surface area contributed by atoms with Gasteiger partial charge in [0.2, 0.25) is 21.8 Å². The van der Waals surface area contributed by atoms with E-state index in [0.29, 0.717) is 65.6 Å². The number of amides is 1. The molecule has 4 aliphatic rings. The number of nitrogens with zero attached hydrogens (tertiary/aromatic N) is 12. The topological polar surface area (TPSA) is 241 Å². The number of likely N-dealkylation sites (tertiary alicyclic amines) is 1. The summed E-state index contributed by atoms with van der Waals surface area (Å²) >= 11 is 18.1. The quantitative estimate of drug-likeness (QED) is 0.0413. The van der Waals surface area contributed by atoms with Crippen LogP contribution < -0.4 is 21.3 Å². The number of nitrogens with one attached hydrogen (secondary N) is 5. The monoisotopic (exact) mass is 1210 g/mol. The Morgan fingerprint density at radius 1 is 0.595 bits per heavy atom. The van der Waals surface area contributed by atoms with Crippen molar-refractivity contribution in [3.05, 3.63) is 83.9 Å². The van der Waals surface area contributed by atoms with Gasteiger partial charge in [0, 0.05) is 117 Å². The van der Waals surface area contributed by atoms with Gasteiger partial charge in [0.1, 0.15) is 52.2 Å². The normalized spacial score (nSPS) is 22.5. The lowest BCUT2D eigenvalue weighted by molar-refractivity contribution is -0.129. The van der Waals surface area contributed by atoms with Gasteiger partial charge < -0.3 is 59.4 Å². The van der Waals surface area contributed by atoms with Crippen LogP contribution in [0.15, 0.2) is 68.0 Å². The number of carbonyl (C=O) groups excluding carboxylic acids is 1. The summed E-state index contributed by atoms with van der Waals surface area (Å²) in [5.74, 6) is 5.18. The van der Waals surface area contributed by atoms with Gasteiger partial charge in [-0.25, -0.2) is 24.9 Å². The molecule has 4 fully saturated rings. The van der Waals surface area contributed by atoms with Crippen LogP contribution in [0.1, 0.15) is 103 Å². The summed E-state index contributed by atoms with van der Waals surface area (Å²) in [6, 6.07) is 9.83. The number of methoxy groups -OCH3 is 2. The number of piperidine rings is 1. The fourth-order valence-electron chi connectivity index (χ4n) is 12.3. The zero-order valence-corrected chi connectivity index (χ0v) is 51.5. The van der Waals surface area contributed by atoms with E-state index in [1.807, 2.05) is 88.8 Å². The van der Waals surface area contributed by atoms with Crippen molar-refractivity contribution >= 4 is 108 Å². The van der Waals surface area contributed by atoms with Gasteiger partial charge in [0.05, 0.1) is 21.5 Å². The number of aromatic amines is 1. The number of hydrogen-bond acceptors (Lipinski definition) is 16. The van der Waals surface area contributed by atoms with Crippen molar-refractivity contribution < 1.29 is 19.4 Å².